The molecule has 1 saturated carbocycles. The minimum Gasteiger partial charge on any atom is -0.313 e. The fraction of sp³-hybridized carbons (Fsp3) is 0.625. The average molecular weight is 315 g/mol. The molecule has 0 amide bonds. The highest BCUT2D eigenvalue weighted by Gasteiger charge is 2.38. The average Bonchev–Trinajstić information content (AvgIpc) is 2.41. The summed E-state index contributed by atoms with van der Waals surface area (Å²) in [6, 6.07) is 3.27. The lowest BCUT2D eigenvalue weighted by atomic mass is 9.80. The highest BCUT2D eigenvalue weighted by atomic mass is 32.2. The quantitative estimate of drug-likeness (QED) is 0.921. The molecular formula is C16H23F2NOS. The zero-order valence-corrected chi connectivity index (χ0v) is 13.6. The second-order valence-electron chi connectivity index (χ2n) is 6.05. The van der Waals surface area contributed by atoms with Gasteiger partial charge in [-0.15, -0.1) is 0 Å². The van der Waals surface area contributed by atoms with Crippen LogP contribution < -0.4 is 5.32 Å². The maximum atomic E-state index is 13.9. The van der Waals surface area contributed by atoms with E-state index in [0.717, 1.165) is 37.6 Å². The van der Waals surface area contributed by atoms with Crippen molar-refractivity contribution in [3.63, 3.8) is 0 Å². The van der Waals surface area contributed by atoms with Crippen LogP contribution in [0.1, 0.15) is 33.6 Å². The van der Waals surface area contributed by atoms with Crippen LogP contribution in [0.4, 0.5) is 8.78 Å². The van der Waals surface area contributed by atoms with Crippen LogP contribution in [0.5, 0.6) is 0 Å². The Morgan fingerprint density at radius 2 is 2.00 bits per heavy atom. The maximum Gasteiger partial charge on any atom is 0.139 e. The van der Waals surface area contributed by atoms with Gasteiger partial charge in [-0.2, -0.15) is 0 Å². The first-order valence-corrected chi connectivity index (χ1v) is 8.74. The molecular weight excluding hydrogens is 292 g/mol. The van der Waals surface area contributed by atoms with Crippen LogP contribution in [-0.2, 0) is 10.8 Å². The number of hydrogen-bond donors (Lipinski definition) is 1. The Labute approximate surface area is 127 Å². The third-order valence-corrected chi connectivity index (χ3v) is 6.25. The van der Waals surface area contributed by atoms with E-state index in [9.17, 15) is 13.0 Å². The molecule has 0 heterocycles. The lowest BCUT2D eigenvalue weighted by molar-refractivity contribution is 0.247. The molecule has 1 N–H and O–H groups in total. The van der Waals surface area contributed by atoms with Crippen molar-refractivity contribution >= 4 is 10.8 Å². The topological polar surface area (TPSA) is 29.1 Å². The van der Waals surface area contributed by atoms with Crippen molar-refractivity contribution in [2.75, 3.05) is 6.54 Å². The Hall–Kier alpha value is -0.810. The normalized spacial score (nSPS) is 31.1. The van der Waals surface area contributed by atoms with E-state index in [1.165, 1.54) is 0 Å². The summed E-state index contributed by atoms with van der Waals surface area (Å²) in [5.41, 5.74) is 0. The van der Waals surface area contributed by atoms with E-state index in [2.05, 4.69) is 19.2 Å². The first-order valence-electron chi connectivity index (χ1n) is 7.53. The first-order chi connectivity index (χ1) is 9.93. The second kappa shape index (κ2) is 6.97. The molecule has 0 aliphatic heterocycles. The van der Waals surface area contributed by atoms with Crippen molar-refractivity contribution in [3.05, 3.63) is 29.8 Å². The lowest BCUT2D eigenvalue weighted by Gasteiger charge is -2.39. The first kappa shape index (κ1) is 16.6. The van der Waals surface area contributed by atoms with Crippen molar-refractivity contribution in [2.45, 2.75) is 49.8 Å². The molecule has 5 heteroatoms. The van der Waals surface area contributed by atoms with Gasteiger partial charge in [-0.1, -0.05) is 20.8 Å². The van der Waals surface area contributed by atoms with Crippen LogP contribution in [0.2, 0.25) is 0 Å². The van der Waals surface area contributed by atoms with E-state index in [4.69, 9.17) is 0 Å². The van der Waals surface area contributed by atoms with Crippen LogP contribution in [0.15, 0.2) is 23.1 Å². The molecule has 2 rings (SSSR count). The number of benzene rings is 1. The number of halogens is 2. The molecule has 0 spiro atoms. The summed E-state index contributed by atoms with van der Waals surface area (Å²) in [4.78, 5) is -0.00990. The van der Waals surface area contributed by atoms with Gasteiger partial charge in [0, 0.05) is 6.04 Å². The van der Waals surface area contributed by atoms with Crippen LogP contribution in [0, 0.1) is 23.5 Å². The molecule has 5 unspecified atom stereocenters. The second-order valence-corrected chi connectivity index (χ2v) is 7.63. The smallest absolute Gasteiger partial charge is 0.139 e. The Morgan fingerprint density at radius 1 is 1.29 bits per heavy atom. The molecule has 21 heavy (non-hydrogen) atoms. The minimum absolute atomic E-state index is 0.00990. The minimum atomic E-state index is -1.55. The van der Waals surface area contributed by atoms with Crippen molar-refractivity contribution in [1.82, 2.24) is 5.32 Å². The molecule has 2 nitrogen and oxygen atoms in total. The lowest BCUT2D eigenvalue weighted by Crippen LogP contribution is -2.50. The molecule has 0 saturated heterocycles. The fourth-order valence-electron chi connectivity index (χ4n) is 3.43. The molecule has 0 radical (unpaired) electrons. The summed E-state index contributed by atoms with van der Waals surface area (Å²) in [7, 11) is -1.55. The van der Waals surface area contributed by atoms with Crippen molar-refractivity contribution in [1.29, 1.82) is 0 Å². The van der Waals surface area contributed by atoms with Gasteiger partial charge in [0.1, 0.15) is 11.6 Å². The van der Waals surface area contributed by atoms with Gasteiger partial charge in [0.05, 0.1) is 20.9 Å². The Balaban J connectivity index is 2.31. The molecule has 1 aromatic rings. The van der Waals surface area contributed by atoms with Gasteiger partial charge < -0.3 is 5.32 Å². The van der Waals surface area contributed by atoms with E-state index in [0.29, 0.717) is 5.92 Å². The van der Waals surface area contributed by atoms with Gasteiger partial charge in [0.25, 0.3) is 0 Å². The summed E-state index contributed by atoms with van der Waals surface area (Å²) < 4.78 is 40.1. The standard InChI is InChI=1S/C16H23F2NOS/c1-4-19-14-8-10(2)7-11(3)16(14)21(20)15-9-12(17)5-6-13(15)18/h5-6,9-11,14,16,19H,4,7-8H2,1-3H3. The summed E-state index contributed by atoms with van der Waals surface area (Å²) in [5.74, 6) is -0.372. The summed E-state index contributed by atoms with van der Waals surface area (Å²) >= 11 is 0. The molecule has 1 fully saturated rings. The molecule has 5 atom stereocenters. The SMILES string of the molecule is CCNC1CC(C)CC(C)C1S(=O)c1cc(F)ccc1F. The highest BCUT2D eigenvalue weighted by molar-refractivity contribution is 7.85. The fourth-order valence-corrected chi connectivity index (χ4v) is 5.25. The van der Waals surface area contributed by atoms with Crippen molar-refractivity contribution in [3.8, 4) is 0 Å². The van der Waals surface area contributed by atoms with Gasteiger partial charge in [-0.25, -0.2) is 8.78 Å². The van der Waals surface area contributed by atoms with E-state index in [1.807, 2.05) is 6.92 Å². The molecule has 118 valence electrons. The number of nitrogens with one attached hydrogen (secondary N) is 1. The third kappa shape index (κ3) is 3.69. The Kier molecular flexibility index (Phi) is 5.49. The number of rotatable bonds is 4. The molecule has 1 aromatic carbocycles. The van der Waals surface area contributed by atoms with Crippen LogP contribution >= 0.6 is 0 Å². The molecule has 1 aliphatic carbocycles. The summed E-state index contributed by atoms with van der Waals surface area (Å²) in [5, 5.41) is 3.19. The molecule has 0 aromatic heterocycles. The largest absolute Gasteiger partial charge is 0.313 e. The Morgan fingerprint density at radius 3 is 2.67 bits per heavy atom. The van der Waals surface area contributed by atoms with Crippen LogP contribution in [-0.4, -0.2) is 22.0 Å². The van der Waals surface area contributed by atoms with E-state index in [-0.39, 0.29) is 22.1 Å². The van der Waals surface area contributed by atoms with Crippen molar-refractivity contribution < 1.29 is 13.0 Å². The highest BCUT2D eigenvalue weighted by Crippen LogP contribution is 2.35. The predicted molar refractivity (Wildman–Crippen MR) is 81.6 cm³/mol. The van der Waals surface area contributed by atoms with Crippen LogP contribution in [0.3, 0.4) is 0 Å². The van der Waals surface area contributed by atoms with Crippen molar-refractivity contribution in [2.24, 2.45) is 11.8 Å². The summed E-state index contributed by atoms with van der Waals surface area (Å²) in [6.07, 6.45) is 1.89. The maximum absolute atomic E-state index is 13.9. The van der Waals surface area contributed by atoms with Gasteiger partial charge in [0.15, 0.2) is 0 Å². The van der Waals surface area contributed by atoms with E-state index in [1.54, 1.807) is 0 Å². The monoisotopic (exact) mass is 315 g/mol. The van der Waals surface area contributed by atoms with Crippen LogP contribution in [0.25, 0.3) is 0 Å². The zero-order chi connectivity index (χ0) is 15.6. The summed E-state index contributed by atoms with van der Waals surface area (Å²) in [6.45, 7) is 7.03. The Bertz CT molecular complexity index is 523. The predicted octanol–water partition coefficient (Wildman–Crippen LogP) is 3.49. The number of hydrogen-bond acceptors (Lipinski definition) is 2. The van der Waals surface area contributed by atoms with E-state index >= 15 is 0 Å². The van der Waals surface area contributed by atoms with Gasteiger partial charge >= 0.3 is 0 Å². The zero-order valence-electron chi connectivity index (χ0n) is 12.7. The van der Waals surface area contributed by atoms with Gasteiger partial charge in [0.2, 0.25) is 0 Å². The van der Waals surface area contributed by atoms with Gasteiger partial charge in [-0.3, -0.25) is 4.21 Å². The third-order valence-electron chi connectivity index (χ3n) is 4.21. The van der Waals surface area contributed by atoms with E-state index < -0.39 is 22.4 Å². The van der Waals surface area contributed by atoms with Gasteiger partial charge in [-0.05, 0) is 49.4 Å². The molecule has 0 bridgehead atoms. The molecule has 1 aliphatic rings.